The number of nitrogens with two attached hydrogens (primary N) is 1. The number of hydrazine groups is 1. The Morgan fingerprint density at radius 1 is 1.58 bits per heavy atom. The van der Waals surface area contributed by atoms with E-state index in [1.54, 1.807) is 25.2 Å². The van der Waals surface area contributed by atoms with Crippen LogP contribution >= 0.6 is 0 Å². The Kier molecular flexibility index (Phi) is 8.59. The van der Waals surface area contributed by atoms with Crippen LogP contribution in [0.4, 0.5) is 4.39 Å². The third-order valence-electron chi connectivity index (χ3n) is 2.18. The van der Waals surface area contributed by atoms with Crippen molar-refractivity contribution < 1.29 is 9.13 Å². The topological polar surface area (TPSA) is 47.3 Å². The molecule has 0 aliphatic heterocycles. The minimum atomic E-state index is -0.746. The van der Waals surface area contributed by atoms with Crippen LogP contribution in [0.5, 0.6) is 0 Å². The summed E-state index contributed by atoms with van der Waals surface area (Å²) in [4.78, 5) is 0. The van der Waals surface area contributed by atoms with Gasteiger partial charge in [0.1, 0.15) is 12.4 Å². The van der Waals surface area contributed by atoms with Gasteiger partial charge in [-0.2, -0.15) is 4.39 Å². The average molecular weight is 262 g/mol. The predicted molar refractivity (Wildman–Crippen MR) is 77.1 cm³/mol. The summed E-state index contributed by atoms with van der Waals surface area (Å²) in [7, 11) is 0. The van der Waals surface area contributed by atoms with Crippen LogP contribution in [-0.2, 0) is 4.74 Å². The molecule has 0 saturated carbocycles. The first-order chi connectivity index (χ1) is 9.10. The van der Waals surface area contributed by atoms with Gasteiger partial charge in [-0.05, 0) is 43.6 Å². The molecule has 0 amide bonds. The van der Waals surface area contributed by atoms with E-state index in [1.807, 2.05) is 25.0 Å². The Morgan fingerprint density at radius 3 is 2.74 bits per heavy atom. The summed E-state index contributed by atoms with van der Waals surface area (Å²) < 4.78 is 18.7. The maximum atomic E-state index is 13.2. The molecule has 3 N–H and O–H groups in total. The Morgan fingerprint density at radius 2 is 2.26 bits per heavy atom. The van der Waals surface area contributed by atoms with Gasteiger partial charge in [0.2, 0.25) is 0 Å². The highest BCUT2D eigenvalue weighted by atomic mass is 19.1. The number of nitrogens with one attached hydrogen (secondary N) is 1. The smallest absolute Gasteiger partial charge is 0.197 e. The Labute approximate surface area is 114 Å². The summed E-state index contributed by atoms with van der Waals surface area (Å²) in [5, 5.41) is 0. The second-order valence-corrected chi connectivity index (χ2v) is 3.47. The summed E-state index contributed by atoms with van der Waals surface area (Å²) in [6.07, 6.45) is 13.7. The van der Waals surface area contributed by atoms with Gasteiger partial charge in [-0.3, -0.25) is 5.84 Å². The highest BCUT2D eigenvalue weighted by molar-refractivity contribution is 5.36. The van der Waals surface area contributed by atoms with E-state index in [2.05, 4.69) is 12.0 Å². The molecule has 0 aliphatic rings. The van der Waals surface area contributed by atoms with Gasteiger partial charge < -0.3 is 10.2 Å². The average Bonchev–Trinajstić information content (AvgIpc) is 2.43. The molecule has 0 rings (SSSR count). The van der Waals surface area contributed by atoms with Crippen molar-refractivity contribution >= 4 is 0 Å². The zero-order chi connectivity index (χ0) is 14.7. The molecule has 0 spiro atoms. The van der Waals surface area contributed by atoms with Gasteiger partial charge in [-0.15, -0.1) is 6.42 Å². The number of hydrogen-bond acceptors (Lipinski definition) is 3. The molecule has 19 heavy (non-hydrogen) atoms. The largest absolute Gasteiger partial charge is 0.490 e. The molecule has 0 aromatic heterocycles. The van der Waals surface area contributed by atoms with Crippen molar-refractivity contribution in [1.29, 1.82) is 0 Å². The minimum Gasteiger partial charge on any atom is -0.490 e. The molecule has 0 radical (unpaired) electrons. The van der Waals surface area contributed by atoms with E-state index in [9.17, 15) is 4.39 Å². The number of ether oxygens (including phenoxy) is 1. The van der Waals surface area contributed by atoms with Gasteiger partial charge >= 0.3 is 0 Å². The number of allylic oxidation sites excluding steroid dienone is 6. The van der Waals surface area contributed by atoms with Crippen molar-refractivity contribution in [2.75, 3.05) is 6.61 Å². The van der Waals surface area contributed by atoms with E-state index in [0.717, 1.165) is 0 Å². The number of rotatable bonds is 7. The molecule has 3 nitrogen and oxygen atoms in total. The SMILES string of the molecule is C#C/C(F)=C(NN)\C(C)=C/CO/C(C=C)=C/C=C\C. The molecule has 0 bridgehead atoms. The van der Waals surface area contributed by atoms with Gasteiger partial charge in [0, 0.05) is 0 Å². The van der Waals surface area contributed by atoms with Crippen LogP contribution in [0, 0.1) is 12.3 Å². The molecule has 0 aliphatic carbocycles. The minimum absolute atomic E-state index is 0.0729. The van der Waals surface area contributed by atoms with E-state index >= 15 is 0 Å². The summed E-state index contributed by atoms with van der Waals surface area (Å²) in [6.45, 7) is 7.46. The van der Waals surface area contributed by atoms with Gasteiger partial charge in [0.25, 0.3) is 0 Å². The van der Waals surface area contributed by atoms with Crippen molar-refractivity contribution in [3.8, 4) is 12.3 Å². The van der Waals surface area contributed by atoms with Gasteiger partial charge in [0.15, 0.2) is 5.83 Å². The Balaban J connectivity index is 4.74. The molecular weight excluding hydrogens is 243 g/mol. The number of hydrogen-bond donors (Lipinski definition) is 2. The van der Waals surface area contributed by atoms with Gasteiger partial charge in [0.05, 0.1) is 5.70 Å². The van der Waals surface area contributed by atoms with Crippen LogP contribution in [-0.4, -0.2) is 6.61 Å². The quantitative estimate of drug-likeness (QED) is 0.244. The lowest BCUT2D eigenvalue weighted by atomic mass is 10.2. The van der Waals surface area contributed by atoms with Gasteiger partial charge in [-0.25, -0.2) is 0 Å². The molecular formula is C15H19FN2O. The Bertz CT molecular complexity index is 465. The van der Waals surface area contributed by atoms with Crippen LogP contribution in [0.1, 0.15) is 13.8 Å². The van der Waals surface area contributed by atoms with Crippen molar-refractivity contribution in [3.05, 3.63) is 59.8 Å². The molecule has 0 fully saturated rings. The molecule has 4 heteroatoms. The third kappa shape index (κ3) is 6.29. The molecule has 102 valence electrons. The highest BCUT2D eigenvalue weighted by Gasteiger charge is 2.04. The zero-order valence-corrected chi connectivity index (χ0v) is 11.2. The lowest BCUT2D eigenvalue weighted by Gasteiger charge is -2.08. The fourth-order valence-electron chi connectivity index (χ4n) is 1.15. The first-order valence-corrected chi connectivity index (χ1v) is 5.69. The van der Waals surface area contributed by atoms with E-state index in [1.165, 1.54) is 0 Å². The highest BCUT2D eigenvalue weighted by Crippen LogP contribution is 2.11. The fraction of sp³-hybridized carbons (Fsp3) is 0.200. The third-order valence-corrected chi connectivity index (χ3v) is 2.18. The zero-order valence-electron chi connectivity index (χ0n) is 11.2. The van der Waals surface area contributed by atoms with Crippen molar-refractivity contribution in [2.45, 2.75) is 13.8 Å². The number of terminal acetylenes is 1. The van der Waals surface area contributed by atoms with Crippen LogP contribution in [0.25, 0.3) is 0 Å². The molecule has 0 unspecified atom stereocenters. The van der Waals surface area contributed by atoms with Crippen molar-refractivity contribution in [3.63, 3.8) is 0 Å². The summed E-state index contributed by atoms with van der Waals surface area (Å²) in [6, 6.07) is 0. The molecule has 0 atom stereocenters. The van der Waals surface area contributed by atoms with E-state index in [-0.39, 0.29) is 12.3 Å². The monoisotopic (exact) mass is 262 g/mol. The maximum Gasteiger partial charge on any atom is 0.197 e. The normalized spacial score (nSPS) is 13.8. The van der Waals surface area contributed by atoms with E-state index in [0.29, 0.717) is 11.3 Å². The molecule has 0 saturated heterocycles. The van der Waals surface area contributed by atoms with E-state index < -0.39 is 5.83 Å². The lowest BCUT2D eigenvalue weighted by molar-refractivity contribution is 0.261. The van der Waals surface area contributed by atoms with Crippen LogP contribution < -0.4 is 11.3 Å². The van der Waals surface area contributed by atoms with Crippen LogP contribution in [0.2, 0.25) is 0 Å². The first-order valence-electron chi connectivity index (χ1n) is 5.69. The lowest BCUT2D eigenvalue weighted by Crippen LogP contribution is -2.23. The van der Waals surface area contributed by atoms with Gasteiger partial charge in [-0.1, -0.05) is 18.7 Å². The second kappa shape index (κ2) is 9.75. The first kappa shape index (κ1) is 16.8. The molecule has 0 aromatic carbocycles. The van der Waals surface area contributed by atoms with E-state index in [4.69, 9.17) is 17.0 Å². The molecule has 0 heterocycles. The van der Waals surface area contributed by atoms with Crippen LogP contribution in [0.15, 0.2) is 59.8 Å². The van der Waals surface area contributed by atoms with Crippen molar-refractivity contribution in [1.82, 2.24) is 5.43 Å². The number of halogens is 1. The fourth-order valence-corrected chi connectivity index (χ4v) is 1.15. The maximum absolute atomic E-state index is 13.2. The molecule has 0 aromatic rings. The van der Waals surface area contributed by atoms with Crippen molar-refractivity contribution in [2.24, 2.45) is 5.84 Å². The predicted octanol–water partition coefficient (Wildman–Crippen LogP) is 2.87. The summed E-state index contributed by atoms with van der Waals surface area (Å²) in [5.74, 6) is 6.97. The standard InChI is InChI=1S/C15H19FN2O/c1-5-8-9-13(6-2)19-11-10-12(4)15(18-17)14(16)7-3/h3,5-6,8-10,18H,2,11,17H2,1,4H3/b8-5-,12-10-,13-9+,15-14-. The summed E-state index contributed by atoms with van der Waals surface area (Å²) in [5.41, 5.74) is 2.87. The second-order valence-electron chi connectivity index (χ2n) is 3.47. The van der Waals surface area contributed by atoms with Crippen LogP contribution in [0.3, 0.4) is 0 Å². The summed E-state index contributed by atoms with van der Waals surface area (Å²) >= 11 is 0. The Hall–Kier alpha value is -2.25.